The van der Waals surface area contributed by atoms with Gasteiger partial charge in [-0.1, -0.05) is 11.6 Å². The molecular weight excluding hydrogens is 197 g/mol. The Kier molecular flexibility index (Phi) is 2.56. The highest BCUT2D eigenvalue weighted by Gasteiger charge is 2.42. The molecule has 2 rings (SSSR count). The zero-order valence-corrected chi connectivity index (χ0v) is 7.90. The minimum atomic E-state index is -0.245. The maximum absolute atomic E-state index is 5.85. The predicted octanol–water partition coefficient (Wildman–Crippen LogP) is 1.50. The lowest BCUT2D eigenvalue weighted by Gasteiger charge is -2.04. The molecule has 1 aliphatic rings. The van der Waals surface area contributed by atoms with Crippen molar-refractivity contribution in [2.45, 2.75) is 18.4 Å². The van der Waals surface area contributed by atoms with E-state index in [1.807, 2.05) is 0 Å². The second-order valence-corrected chi connectivity index (χ2v) is 3.32. The molecule has 0 atom stereocenters. The molecule has 1 fully saturated rings. The van der Waals surface area contributed by atoms with E-state index in [2.05, 4.69) is 9.97 Å². The Morgan fingerprint density at radius 2 is 1.83 bits per heavy atom. The molecular formula is C7H9Cl2N3. The van der Waals surface area contributed by atoms with Gasteiger partial charge in [-0.2, -0.15) is 0 Å². The van der Waals surface area contributed by atoms with E-state index >= 15 is 0 Å². The van der Waals surface area contributed by atoms with E-state index in [-0.39, 0.29) is 17.9 Å². The van der Waals surface area contributed by atoms with Crippen LogP contribution in [0.15, 0.2) is 12.4 Å². The number of hydrogen-bond donors (Lipinski definition) is 1. The predicted molar refractivity (Wildman–Crippen MR) is 49.4 cm³/mol. The minimum Gasteiger partial charge on any atom is -0.319 e. The van der Waals surface area contributed by atoms with Crippen LogP contribution in [0.4, 0.5) is 0 Å². The molecule has 0 saturated heterocycles. The molecule has 0 unspecified atom stereocenters. The lowest BCUT2D eigenvalue weighted by atomic mass is 10.3. The van der Waals surface area contributed by atoms with Gasteiger partial charge in [0.1, 0.15) is 5.82 Å². The molecule has 66 valence electrons. The van der Waals surface area contributed by atoms with Crippen molar-refractivity contribution in [1.29, 1.82) is 0 Å². The standard InChI is InChI=1S/C7H8ClN3.ClH/c8-5-3-10-6(11-4-5)7(9)1-2-7;/h3-4H,1-2,9H2;1H. The van der Waals surface area contributed by atoms with Crippen molar-refractivity contribution in [2.75, 3.05) is 0 Å². The lowest BCUT2D eigenvalue weighted by Crippen LogP contribution is -2.21. The summed E-state index contributed by atoms with van der Waals surface area (Å²) >= 11 is 5.62. The minimum absolute atomic E-state index is 0. The average Bonchev–Trinajstić information content (AvgIpc) is 2.70. The van der Waals surface area contributed by atoms with E-state index in [9.17, 15) is 0 Å². The van der Waals surface area contributed by atoms with Crippen LogP contribution in [0, 0.1) is 0 Å². The number of hydrogen-bond acceptors (Lipinski definition) is 3. The van der Waals surface area contributed by atoms with Crippen LogP contribution in [0.3, 0.4) is 0 Å². The van der Waals surface area contributed by atoms with Gasteiger partial charge in [0.15, 0.2) is 0 Å². The number of nitrogens with two attached hydrogens (primary N) is 1. The molecule has 1 aromatic heterocycles. The summed E-state index contributed by atoms with van der Waals surface area (Å²) in [5.41, 5.74) is 5.60. The molecule has 2 N–H and O–H groups in total. The Morgan fingerprint density at radius 1 is 1.33 bits per heavy atom. The van der Waals surface area contributed by atoms with E-state index < -0.39 is 0 Å². The van der Waals surface area contributed by atoms with Gasteiger partial charge in [0.05, 0.1) is 10.6 Å². The fourth-order valence-corrected chi connectivity index (χ4v) is 1.03. The van der Waals surface area contributed by atoms with Gasteiger partial charge in [0.2, 0.25) is 0 Å². The quantitative estimate of drug-likeness (QED) is 0.757. The van der Waals surface area contributed by atoms with Crippen LogP contribution in [0.25, 0.3) is 0 Å². The van der Waals surface area contributed by atoms with Crippen molar-refractivity contribution >= 4 is 24.0 Å². The van der Waals surface area contributed by atoms with Crippen LogP contribution in [-0.2, 0) is 5.54 Å². The second-order valence-electron chi connectivity index (χ2n) is 2.88. The number of rotatable bonds is 1. The largest absolute Gasteiger partial charge is 0.319 e. The van der Waals surface area contributed by atoms with Gasteiger partial charge in [0, 0.05) is 12.4 Å². The van der Waals surface area contributed by atoms with Crippen molar-refractivity contribution in [3.05, 3.63) is 23.2 Å². The number of halogens is 2. The van der Waals surface area contributed by atoms with Gasteiger partial charge in [0.25, 0.3) is 0 Å². The summed E-state index contributed by atoms with van der Waals surface area (Å²) in [5.74, 6) is 0.710. The fourth-order valence-electron chi connectivity index (χ4n) is 0.928. The highest BCUT2D eigenvalue weighted by molar-refractivity contribution is 6.30. The van der Waals surface area contributed by atoms with Crippen LogP contribution in [-0.4, -0.2) is 9.97 Å². The smallest absolute Gasteiger partial charge is 0.148 e. The summed E-state index contributed by atoms with van der Waals surface area (Å²) in [6.07, 6.45) is 5.12. The van der Waals surface area contributed by atoms with Crippen LogP contribution in [0.5, 0.6) is 0 Å². The molecule has 0 aromatic carbocycles. The van der Waals surface area contributed by atoms with Crippen molar-refractivity contribution in [3.8, 4) is 0 Å². The Balaban J connectivity index is 0.000000720. The molecule has 12 heavy (non-hydrogen) atoms. The molecule has 5 heteroatoms. The zero-order valence-electron chi connectivity index (χ0n) is 6.33. The normalized spacial score (nSPS) is 18.2. The third-order valence-corrected chi connectivity index (χ3v) is 2.05. The molecule has 0 amide bonds. The first-order chi connectivity index (χ1) is 5.21. The Labute approximate surface area is 81.8 Å². The average molecular weight is 206 g/mol. The number of nitrogens with zero attached hydrogens (tertiary/aromatic N) is 2. The molecule has 0 spiro atoms. The monoisotopic (exact) mass is 205 g/mol. The van der Waals surface area contributed by atoms with Crippen molar-refractivity contribution in [3.63, 3.8) is 0 Å². The third kappa shape index (κ3) is 1.68. The first-order valence-electron chi connectivity index (χ1n) is 3.48. The van der Waals surface area contributed by atoms with E-state index in [0.29, 0.717) is 10.8 Å². The molecule has 1 heterocycles. The first kappa shape index (κ1) is 9.71. The van der Waals surface area contributed by atoms with Gasteiger partial charge in [-0.3, -0.25) is 0 Å². The van der Waals surface area contributed by atoms with Gasteiger partial charge in [-0.25, -0.2) is 9.97 Å². The van der Waals surface area contributed by atoms with Gasteiger partial charge in [-0.05, 0) is 12.8 Å². The van der Waals surface area contributed by atoms with Crippen molar-refractivity contribution < 1.29 is 0 Å². The van der Waals surface area contributed by atoms with E-state index in [1.165, 1.54) is 0 Å². The van der Waals surface area contributed by atoms with E-state index in [0.717, 1.165) is 12.8 Å². The Bertz CT molecular complexity index is 268. The summed E-state index contributed by atoms with van der Waals surface area (Å²) in [4.78, 5) is 8.09. The molecule has 0 radical (unpaired) electrons. The Morgan fingerprint density at radius 3 is 2.25 bits per heavy atom. The topological polar surface area (TPSA) is 51.8 Å². The molecule has 0 bridgehead atoms. The van der Waals surface area contributed by atoms with Gasteiger partial charge < -0.3 is 5.73 Å². The number of aromatic nitrogens is 2. The van der Waals surface area contributed by atoms with Crippen LogP contribution >= 0.6 is 24.0 Å². The fraction of sp³-hybridized carbons (Fsp3) is 0.429. The summed E-state index contributed by atoms with van der Waals surface area (Å²) in [6, 6.07) is 0. The summed E-state index contributed by atoms with van der Waals surface area (Å²) in [6.45, 7) is 0. The third-order valence-electron chi connectivity index (χ3n) is 1.85. The second kappa shape index (κ2) is 3.17. The summed E-state index contributed by atoms with van der Waals surface area (Å²) in [5, 5.41) is 0.554. The SMILES string of the molecule is Cl.NC1(c2ncc(Cl)cn2)CC1. The zero-order chi connectivity index (χ0) is 7.90. The molecule has 3 nitrogen and oxygen atoms in total. The van der Waals surface area contributed by atoms with Crippen molar-refractivity contribution in [2.24, 2.45) is 5.73 Å². The molecule has 1 aliphatic carbocycles. The maximum atomic E-state index is 5.85. The Hall–Kier alpha value is -0.380. The first-order valence-corrected chi connectivity index (χ1v) is 3.85. The van der Waals surface area contributed by atoms with Crippen LogP contribution < -0.4 is 5.73 Å². The van der Waals surface area contributed by atoms with Crippen LogP contribution in [0.2, 0.25) is 5.02 Å². The lowest BCUT2D eigenvalue weighted by molar-refractivity contribution is 0.672. The van der Waals surface area contributed by atoms with E-state index in [4.69, 9.17) is 17.3 Å². The van der Waals surface area contributed by atoms with Gasteiger partial charge in [-0.15, -0.1) is 12.4 Å². The molecule has 1 saturated carbocycles. The van der Waals surface area contributed by atoms with Crippen molar-refractivity contribution in [1.82, 2.24) is 9.97 Å². The summed E-state index contributed by atoms with van der Waals surface area (Å²) < 4.78 is 0. The van der Waals surface area contributed by atoms with Gasteiger partial charge >= 0.3 is 0 Å². The molecule has 0 aliphatic heterocycles. The van der Waals surface area contributed by atoms with E-state index in [1.54, 1.807) is 12.4 Å². The highest BCUT2D eigenvalue weighted by atomic mass is 35.5. The maximum Gasteiger partial charge on any atom is 0.148 e. The molecule has 1 aromatic rings. The highest BCUT2D eigenvalue weighted by Crippen LogP contribution is 2.40. The summed E-state index contributed by atoms with van der Waals surface area (Å²) in [7, 11) is 0. The van der Waals surface area contributed by atoms with Crippen LogP contribution in [0.1, 0.15) is 18.7 Å².